The molecule has 2 rings (SSSR count). The van der Waals surface area contributed by atoms with Crippen LogP contribution in [0.3, 0.4) is 0 Å². The highest BCUT2D eigenvalue weighted by molar-refractivity contribution is 7.99. The third-order valence-electron chi connectivity index (χ3n) is 3.17. The third kappa shape index (κ3) is 4.47. The molecule has 0 aliphatic carbocycles. The van der Waals surface area contributed by atoms with Gasteiger partial charge in [0.1, 0.15) is 5.01 Å². The number of aromatic nitrogens is 1. The number of hydrogen-bond donors (Lipinski definition) is 1. The molecule has 1 aromatic rings. The number of aryl methyl sites for hydroxylation is 1. The molecular formula is C13H21N3OS2. The van der Waals surface area contributed by atoms with Crippen LogP contribution in [0.4, 0.5) is 0 Å². The Hall–Kier alpha value is -0.590. The summed E-state index contributed by atoms with van der Waals surface area (Å²) in [6, 6.07) is 0.330. The summed E-state index contributed by atoms with van der Waals surface area (Å²) in [6.07, 6.45) is 3.52. The first-order valence-corrected chi connectivity index (χ1v) is 8.64. The zero-order valence-electron chi connectivity index (χ0n) is 11.5. The summed E-state index contributed by atoms with van der Waals surface area (Å²) < 4.78 is 0. The second-order valence-electron chi connectivity index (χ2n) is 4.75. The van der Waals surface area contributed by atoms with Gasteiger partial charge in [-0.05, 0) is 6.42 Å². The number of amides is 1. The molecule has 1 saturated heterocycles. The van der Waals surface area contributed by atoms with Crippen molar-refractivity contribution in [3.8, 4) is 0 Å². The lowest BCUT2D eigenvalue weighted by Crippen LogP contribution is -2.41. The van der Waals surface area contributed by atoms with E-state index in [-0.39, 0.29) is 5.91 Å². The van der Waals surface area contributed by atoms with Crippen LogP contribution < -0.4 is 5.32 Å². The molecule has 1 atom stereocenters. The second kappa shape index (κ2) is 7.26. The Bertz CT molecular complexity index is 416. The molecule has 1 amide bonds. The van der Waals surface area contributed by atoms with Crippen LogP contribution >= 0.6 is 23.1 Å². The first-order valence-electron chi connectivity index (χ1n) is 6.67. The molecule has 19 heavy (non-hydrogen) atoms. The number of nitrogens with zero attached hydrogens (tertiary/aromatic N) is 2. The van der Waals surface area contributed by atoms with E-state index < -0.39 is 0 Å². The van der Waals surface area contributed by atoms with Crippen molar-refractivity contribution in [3.63, 3.8) is 0 Å². The Morgan fingerprint density at radius 1 is 1.63 bits per heavy atom. The second-order valence-corrected chi connectivity index (χ2v) is 7.10. The van der Waals surface area contributed by atoms with Crippen LogP contribution in [0.2, 0.25) is 0 Å². The Morgan fingerprint density at radius 2 is 2.47 bits per heavy atom. The maximum absolute atomic E-state index is 12.1. The van der Waals surface area contributed by atoms with Gasteiger partial charge in [0.25, 0.3) is 0 Å². The first kappa shape index (κ1) is 14.8. The summed E-state index contributed by atoms with van der Waals surface area (Å²) in [5, 5.41) is 4.43. The van der Waals surface area contributed by atoms with Crippen LogP contribution in [0.1, 0.15) is 23.2 Å². The van der Waals surface area contributed by atoms with Gasteiger partial charge in [0.2, 0.25) is 5.91 Å². The van der Waals surface area contributed by atoms with E-state index >= 15 is 0 Å². The standard InChI is InChI=1S/C13H21N3OS2/c1-3-11-7-15-12(19-11)8-16(2)13(17)6-10-9-18-5-4-14-10/h7,10,14H,3-6,8-9H2,1-2H3. The predicted octanol–water partition coefficient (Wildman–Crippen LogP) is 1.76. The lowest BCUT2D eigenvalue weighted by atomic mass is 10.2. The fourth-order valence-corrected chi connectivity index (χ4v) is 3.86. The molecule has 1 N–H and O–H groups in total. The normalized spacial score (nSPS) is 19.4. The quantitative estimate of drug-likeness (QED) is 0.900. The predicted molar refractivity (Wildman–Crippen MR) is 81.7 cm³/mol. The number of hydrogen-bond acceptors (Lipinski definition) is 5. The highest BCUT2D eigenvalue weighted by Gasteiger charge is 2.19. The molecule has 6 heteroatoms. The van der Waals surface area contributed by atoms with Crippen molar-refractivity contribution in [1.29, 1.82) is 0 Å². The molecule has 0 aromatic carbocycles. The Labute approximate surface area is 123 Å². The number of carbonyl (C=O) groups excluding carboxylic acids is 1. The lowest BCUT2D eigenvalue weighted by Gasteiger charge is -2.25. The Balaban J connectivity index is 1.81. The molecule has 4 nitrogen and oxygen atoms in total. The summed E-state index contributed by atoms with van der Waals surface area (Å²) in [5.41, 5.74) is 0. The van der Waals surface area contributed by atoms with Crippen molar-refractivity contribution < 1.29 is 4.79 Å². The Kier molecular flexibility index (Phi) is 5.66. The minimum Gasteiger partial charge on any atom is -0.339 e. The summed E-state index contributed by atoms with van der Waals surface area (Å²) in [4.78, 5) is 19.6. The molecule has 0 bridgehead atoms. The average Bonchev–Trinajstić information content (AvgIpc) is 2.87. The van der Waals surface area contributed by atoms with E-state index in [1.54, 1.807) is 16.2 Å². The molecule has 1 fully saturated rings. The van der Waals surface area contributed by atoms with Crippen LogP contribution in [-0.2, 0) is 17.8 Å². The summed E-state index contributed by atoms with van der Waals surface area (Å²) in [7, 11) is 1.87. The number of carbonyl (C=O) groups is 1. The van der Waals surface area contributed by atoms with Gasteiger partial charge in [-0.15, -0.1) is 11.3 Å². The van der Waals surface area contributed by atoms with Gasteiger partial charge in [0, 0.05) is 48.6 Å². The van der Waals surface area contributed by atoms with Crippen molar-refractivity contribution in [3.05, 3.63) is 16.1 Å². The number of nitrogens with one attached hydrogen (secondary N) is 1. The fourth-order valence-electron chi connectivity index (χ4n) is 1.99. The minimum atomic E-state index is 0.202. The molecule has 1 unspecified atom stereocenters. The fraction of sp³-hybridized carbons (Fsp3) is 0.692. The maximum atomic E-state index is 12.1. The molecular weight excluding hydrogens is 278 g/mol. The van der Waals surface area contributed by atoms with E-state index in [1.165, 1.54) is 4.88 Å². The van der Waals surface area contributed by atoms with Gasteiger partial charge in [-0.2, -0.15) is 11.8 Å². The zero-order chi connectivity index (χ0) is 13.7. The van der Waals surface area contributed by atoms with E-state index in [2.05, 4.69) is 17.2 Å². The minimum absolute atomic E-state index is 0.202. The topological polar surface area (TPSA) is 45.2 Å². The molecule has 2 heterocycles. The Morgan fingerprint density at radius 3 is 3.11 bits per heavy atom. The molecule has 0 saturated carbocycles. The van der Waals surface area contributed by atoms with Gasteiger partial charge < -0.3 is 10.2 Å². The van der Waals surface area contributed by atoms with Crippen molar-refractivity contribution in [2.24, 2.45) is 0 Å². The summed E-state index contributed by atoms with van der Waals surface area (Å²) >= 11 is 3.62. The summed E-state index contributed by atoms with van der Waals surface area (Å²) in [5.74, 6) is 2.39. The van der Waals surface area contributed by atoms with Crippen LogP contribution in [0.15, 0.2) is 6.20 Å². The van der Waals surface area contributed by atoms with Gasteiger partial charge in [0.15, 0.2) is 0 Å². The summed E-state index contributed by atoms with van der Waals surface area (Å²) in [6.45, 7) is 3.76. The van der Waals surface area contributed by atoms with E-state index in [9.17, 15) is 4.79 Å². The number of rotatable bonds is 5. The van der Waals surface area contributed by atoms with Gasteiger partial charge in [0.05, 0.1) is 6.54 Å². The van der Waals surface area contributed by atoms with Crippen molar-refractivity contribution in [2.75, 3.05) is 25.1 Å². The zero-order valence-corrected chi connectivity index (χ0v) is 13.1. The molecule has 0 spiro atoms. The highest BCUT2D eigenvalue weighted by Crippen LogP contribution is 2.16. The lowest BCUT2D eigenvalue weighted by molar-refractivity contribution is -0.130. The van der Waals surface area contributed by atoms with Crippen LogP contribution in [-0.4, -0.2) is 46.9 Å². The largest absolute Gasteiger partial charge is 0.339 e. The van der Waals surface area contributed by atoms with E-state index in [0.29, 0.717) is 19.0 Å². The van der Waals surface area contributed by atoms with E-state index in [4.69, 9.17) is 0 Å². The van der Waals surface area contributed by atoms with E-state index in [0.717, 1.165) is 29.5 Å². The van der Waals surface area contributed by atoms with Crippen molar-refractivity contribution in [1.82, 2.24) is 15.2 Å². The number of thiazole rings is 1. The van der Waals surface area contributed by atoms with E-state index in [1.807, 2.05) is 25.0 Å². The molecule has 1 aliphatic rings. The van der Waals surface area contributed by atoms with Crippen LogP contribution in [0.25, 0.3) is 0 Å². The molecule has 1 aliphatic heterocycles. The van der Waals surface area contributed by atoms with Crippen molar-refractivity contribution >= 4 is 29.0 Å². The number of thioether (sulfide) groups is 1. The SMILES string of the molecule is CCc1cnc(CN(C)C(=O)CC2CSCCN2)s1. The average molecular weight is 299 g/mol. The van der Waals surface area contributed by atoms with Gasteiger partial charge >= 0.3 is 0 Å². The first-order chi connectivity index (χ1) is 9.19. The maximum Gasteiger partial charge on any atom is 0.224 e. The van der Waals surface area contributed by atoms with Crippen molar-refractivity contribution in [2.45, 2.75) is 32.4 Å². The smallest absolute Gasteiger partial charge is 0.224 e. The van der Waals surface area contributed by atoms with Gasteiger partial charge in [-0.25, -0.2) is 4.98 Å². The molecule has 106 valence electrons. The van der Waals surface area contributed by atoms with Gasteiger partial charge in [-0.1, -0.05) is 6.92 Å². The van der Waals surface area contributed by atoms with Gasteiger partial charge in [-0.3, -0.25) is 4.79 Å². The molecule has 0 radical (unpaired) electrons. The third-order valence-corrected chi connectivity index (χ3v) is 5.42. The van der Waals surface area contributed by atoms with Crippen LogP contribution in [0, 0.1) is 0 Å². The highest BCUT2D eigenvalue weighted by atomic mass is 32.2. The van der Waals surface area contributed by atoms with Crippen LogP contribution in [0.5, 0.6) is 0 Å². The molecule has 1 aromatic heterocycles. The monoisotopic (exact) mass is 299 g/mol.